The van der Waals surface area contributed by atoms with Gasteiger partial charge in [0.05, 0.1) is 18.0 Å². The molecule has 0 spiro atoms. The number of amidine groups is 1. The van der Waals surface area contributed by atoms with Crippen LogP contribution in [0.25, 0.3) is 17.1 Å². The van der Waals surface area contributed by atoms with Crippen LogP contribution in [0.4, 0.5) is 27.6 Å². The van der Waals surface area contributed by atoms with Gasteiger partial charge in [-0.3, -0.25) is 9.59 Å². The molecule has 44 heavy (non-hydrogen) atoms. The Bertz CT molecular complexity index is 1620. The van der Waals surface area contributed by atoms with Gasteiger partial charge in [0.25, 0.3) is 0 Å². The molecule has 1 heterocycles. The molecule has 0 aliphatic heterocycles. The number of rotatable bonds is 9. The number of aromatic nitrogens is 3. The minimum Gasteiger partial charge on any atom is -0.454 e. The Hall–Kier alpha value is -4.79. The predicted molar refractivity (Wildman–Crippen MR) is 152 cm³/mol. The van der Waals surface area contributed by atoms with Crippen molar-refractivity contribution in [3.05, 3.63) is 90.3 Å². The first-order chi connectivity index (χ1) is 20.9. The number of thioether (sulfide) groups is 1. The lowest BCUT2D eigenvalue weighted by Gasteiger charge is -2.11. The second-order valence-electron chi connectivity index (χ2n) is 9.34. The summed E-state index contributed by atoms with van der Waals surface area (Å²) in [6.07, 6.45) is -3.53. The SMILES string of the molecule is CC(C)C(=O)OCSC(=Nc1c(F)cccc1F)NC(=O)Cc1ccc(-c2ncn(-c3ccc(OC(F)(F)F)cc3)n2)cc1. The van der Waals surface area contributed by atoms with Crippen LogP contribution >= 0.6 is 11.8 Å². The first-order valence-electron chi connectivity index (χ1n) is 12.9. The number of nitrogens with one attached hydrogen (secondary N) is 1. The van der Waals surface area contributed by atoms with Gasteiger partial charge >= 0.3 is 12.3 Å². The second kappa shape index (κ2) is 14.1. The van der Waals surface area contributed by atoms with E-state index in [1.165, 1.54) is 29.2 Å². The van der Waals surface area contributed by atoms with Crippen molar-refractivity contribution in [1.29, 1.82) is 0 Å². The molecule has 9 nitrogen and oxygen atoms in total. The minimum atomic E-state index is -4.80. The van der Waals surface area contributed by atoms with E-state index in [2.05, 4.69) is 25.1 Å². The van der Waals surface area contributed by atoms with Crippen LogP contribution in [0.5, 0.6) is 5.75 Å². The average molecular weight is 634 g/mol. The van der Waals surface area contributed by atoms with Crippen molar-refractivity contribution >= 4 is 34.5 Å². The number of alkyl halides is 3. The van der Waals surface area contributed by atoms with E-state index in [-0.39, 0.29) is 23.3 Å². The third-order valence-corrected chi connectivity index (χ3v) is 6.37. The molecule has 4 aromatic rings. The Labute approximate surface area is 252 Å². The van der Waals surface area contributed by atoms with Crippen molar-refractivity contribution < 1.29 is 41.0 Å². The Morgan fingerprint density at radius 2 is 1.66 bits per heavy atom. The number of halogens is 5. The van der Waals surface area contributed by atoms with Gasteiger partial charge in [-0.1, -0.05) is 44.2 Å². The number of hydrogen-bond acceptors (Lipinski definition) is 8. The smallest absolute Gasteiger partial charge is 0.454 e. The number of hydrogen-bond donors (Lipinski definition) is 1. The lowest BCUT2D eigenvalue weighted by Crippen LogP contribution is -2.30. The number of carbonyl (C=O) groups excluding carboxylic acids is 2. The van der Waals surface area contributed by atoms with Crippen molar-refractivity contribution in [2.75, 3.05) is 5.94 Å². The zero-order valence-electron chi connectivity index (χ0n) is 23.1. The normalized spacial score (nSPS) is 11.9. The van der Waals surface area contributed by atoms with Crippen molar-refractivity contribution in [2.45, 2.75) is 26.6 Å². The van der Waals surface area contributed by atoms with Crippen LogP contribution in [-0.2, 0) is 20.7 Å². The fourth-order valence-corrected chi connectivity index (χ4v) is 4.17. The molecule has 0 saturated heterocycles. The lowest BCUT2D eigenvalue weighted by atomic mass is 10.1. The standard InChI is InChI=1S/C29H24F5N5O4S/c1-17(2)27(41)42-16-44-28(37-25-22(30)4-3-5-23(25)31)36-24(40)14-18-6-8-19(9-7-18)26-35-15-39(38-26)20-10-12-21(13-11-20)43-29(32,33)34/h3-13,15,17H,14,16H2,1-2H3,(H,36,37,40). The maximum Gasteiger partial charge on any atom is 0.573 e. The van der Waals surface area contributed by atoms with Crippen LogP contribution in [0, 0.1) is 17.6 Å². The molecule has 1 amide bonds. The molecule has 15 heteroatoms. The quantitative estimate of drug-likeness (QED) is 0.0753. The fraction of sp³-hybridized carbons (Fsp3) is 0.207. The van der Waals surface area contributed by atoms with Gasteiger partial charge < -0.3 is 14.8 Å². The van der Waals surface area contributed by atoms with Crippen molar-refractivity contribution in [1.82, 2.24) is 20.1 Å². The van der Waals surface area contributed by atoms with Gasteiger partial charge in [0.15, 0.2) is 22.6 Å². The van der Waals surface area contributed by atoms with Crippen molar-refractivity contribution in [3.63, 3.8) is 0 Å². The highest BCUT2D eigenvalue weighted by molar-refractivity contribution is 8.13. The zero-order chi connectivity index (χ0) is 31.9. The summed E-state index contributed by atoms with van der Waals surface area (Å²) in [5, 5.41) is 6.68. The molecular formula is C29H24F5N5O4S. The molecule has 0 aliphatic rings. The van der Waals surface area contributed by atoms with Gasteiger partial charge in [-0.15, -0.1) is 18.3 Å². The highest BCUT2D eigenvalue weighted by Crippen LogP contribution is 2.25. The Kier molecular flexibility index (Phi) is 10.3. The first-order valence-corrected chi connectivity index (χ1v) is 13.9. The van der Waals surface area contributed by atoms with Gasteiger partial charge in [-0.25, -0.2) is 23.4 Å². The Balaban J connectivity index is 1.41. The van der Waals surface area contributed by atoms with Crippen LogP contribution in [0.1, 0.15) is 19.4 Å². The molecule has 0 fully saturated rings. The maximum absolute atomic E-state index is 14.2. The monoisotopic (exact) mass is 633 g/mol. The summed E-state index contributed by atoms with van der Waals surface area (Å²) in [7, 11) is 0. The van der Waals surface area contributed by atoms with Crippen LogP contribution in [0.15, 0.2) is 78.0 Å². The molecule has 1 aromatic heterocycles. The van der Waals surface area contributed by atoms with Gasteiger partial charge in [-0.2, -0.15) is 0 Å². The van der Waals surface area contributed by atoms with E-state index in [4.69, 9.17) is 4.74 Å². The van der Waals surface area contributed by atoms with Crippen LogP contribution in [0.2, 0.25) is 0 Å². The van der Waals surface area contributed by atoms with Gasteiger partial charge in [0, 0.05) is 5.56 Å². The number of amides is 1. The average Bonchev–Trinajstić information content (AvgIpc) is 3.45. The van der Waals surface area contributed by atoms with E-state index in [9.17, 15) is 31.5 Å². The molecule has 0 aliphatic carbocycles. The summed E-state index contributed by atoms with van der Waals surface area (Å²) in [5.41, 5.74) is 1.03. The summed E-state index contributed by atoms with van der Waals surface area (Å²) in [5.74, 6) is -3.59. The predicted octanol–water partition coefficient (Wildman–Crippen LogP) is 6.35. The highest BCUT2D eigenvalue weighted by atomic mass is 32.2. The number of carbonyl (C=O) groups is 2. The number of nitrogens with zero attached hydrogens (tertiary/aromatic N) is 4. The molecule has 0 radical (unpaired) electrons. The van der Waals surface area contributed by atoms with Gasteiger partial charge in [0.2, 0.25) is 5.91 Å². The first kappa shape index (κ1) is 32.1. The number of aliphatic imine (C=N–C) groups is 1. The number of benzene rings is 3. The third-order valence-electron chi connectivity index (χ3n) is 5.67. The van der Waals surface area contributed by atoms with E-state index < -0.39 is 41.5 Å². The zero-order valence-corrected chi connectivity index (χ0v) is 24.0. The highest BCUT2D eigenvalue weighted by Gasteiger charge is 2.31. The molecule has 1 N–H and O–H groups in total. The van der Waals surface area contributed by atoms with Gasteiger partial charge in [-0.05, 0) is 53.7 Å². The van der Waals surface area contributed by atoms with E-state index in [0.29, 0.717) is 22.6 Å². The van der Waals surface area contributed by atoms with E-state index >= 15 is 0 Å². The number of esters is 1. The molecule has 4 rings (SSSR count). The largest absolute Gasteiger partial charge is 0.573 e. The van der Waals surface area contributed by atoms with Crippen LogP contribution in [-0.4, -0.2) is 44.1 Å². The van der Waals surface area contributed by atoms with Crippen molar-refractivity contribution in [3.8, 4) is 22.8 Å². The minimum absolute atomic E-state index is 0.125. The maximum atomic E-state index is 14.2. The topological polar surface area (TPSA) is 108 Å². The molecule has 0 unspecified atom stereocenters. The van der Waals surface area contributed by atoms with Crippen LogP contribution in [0.3, 0.4) is 0 Å². The molecule has 230 valence electrons. The molecule has 0 atom stereocenters. The Morgan fingerprint density at radius 1 is 1.00 bits per heavy atom. The van der Waals surface area contributed by atoms with E-state index in [0.717, 1.165) is 36.0 Å². The summed E-state index contributed by atoms with van der Waals surface area (Å²) >= 11 is 0.788. The molecule has 0 bridgehead atoms. The van der Waals surface area contributed by atoms with Crippen molar-refractivity contribution in [2.24, 2.45) is 10.9 Å². The summed E-state index contributed by atoms with van der Waals surface area (Å²) in [6.45, 7) is 3.29. The number of para-hydroxylation sites is 1. The lowest BCUT2D eigenvalue weighted by molar-refractivity contribution is -0.274. The Morgan fingerprint density at radius 3 is 2.27 bits per heavy atom. The third kappa shape index (κ3) is 9.10. The molecule has 3 aromatic carbocycles. The van der Waals surface area contributed by atoms with Gasteiger partial charge in [0.1, 0.15) is 23.7 Å². The van der Waals surface area contributed by atoms with E-state index in [1.54, 1.807) is 38.1 Å². The summed E-state index contributed by atoms with van der Waals surface area (Å²) in [6, 6.07) is 15.0. The fourth-order valence-electron chi connectivity index (χ4n) is 3.54. The number of ether oxygens (including phenoxy) is 2. The second-order valence-corrected chi connectivity index (χ2v) is 10.3. The molecule has 0 saturated carbocycles. The summed E-state index contributed by atoms with van der Waals surface area (Å²) in [4.78, 5) is 32.7. The summed E-state index contributed by atoms with van der Waals surface area (Å²) < 4.78 is 75.9. The van der Waals surface area contributed by atoms with Crippen LogP contribution < -0.4 is 10.1 Å². The van der Waals surface area contributed by atoms with E-state index in [1.807, 2.05) is 0 Å². The molecular weight excluding hydrogens is 609 g/mol.